The number of nitrogens with one attached hydrogen (secondary N) is 2. The van der Waals surface area contributed by atoms with Crippen LogP contribution in [-0.2, 0) is 14.4 Å². The van der Waals surface area contributed by atoms with Crippen molar-refractivity contribution in [3.8, 4) is 17.1 Å². The maximum Gasteiger partial charge on any atom is 0.418 e. The maximum atomic E-state index is 12.8. The molecule has 2 aromatic carbocycles. The van der Waals surface area contributed by atoms with E-state index in [0.29, 0.717) is 22.2 Å². The van der Waals surface area contributed by atoms with Gasteiger partial charge in [0.05, 0.1) is 33.9 Å². The smallest absolute Gasteiger partial charge is 0.418 e. The van der Waals surface area contributed by atoms with Crippen LogP contribution in [0.1, 0.15) is 6.92 Å². The van der Waals surface area contributed by atoms with Crippen LogP contribution >= 0.6 is 0 Å². The number of aromatic nitrogens is 3. The Bertz CT molecular complexity index is 1150. The van der Waals surface area contributed by atoms with E-state index < -0.39 is 15.8 Å². The molecule has 2 N–H and O–H groups in total. The highest BCUT2D eigenvalue weighted by Gasteiger charge is 2.14. The number of rotatable bonds is 7. The molecule has 0 fully saturated rings. The molecular weight excluding hydrogens is 406 g/mol. The van der Waals surface area contributed by atoms with E-state index in [1.54, 1.807) is 38.3 Å². The van der Waals surface area contributed by atoms with Crippen molar-refractivity contribution in [1.82, 2.24) is 19.7 Å². The largest absolute Gasteiger partial charge is 0.496 e. The van der Waals surface area contributed by atoms with E-state index in [-0.39, 0.29) is 12.6 Å². The van der Waals surface area contributed by atoms with Gasteiger partial charge >= 0.3 is 6.09 Å². The molecule has 0 radical (unpaired) electrons. The summed E-state index contributed by atoms with van der Waals surface area (Å²) in [5, 5.41) is 3.04. The second kappa shape index (κ2) is 9.23. The van der Waals surface area contributed by atoms with E-state index in [4.69, 9.17) is 9.47 Å². The first-order valence-corrected chi connectivity index (χ1v) is 10.7. The van der Waals surface area contributed by atoms with E-state index in [1.807, 2.05) is 24.3 Å². The van der Waals surface area contributed by atoms with Gasteiger partial charge in [-0.2, -0.15) is 4.98 Å². The topological polar surface area (TPSA) is 115 Å². The van der Waals surface area contributed by atoms with E-state index in [9.17, 15) is 9.00 Å². The van der Waals surface area contributed by atoms with Gasteiger partial charge in [-0.15, -0.1) is 0 Å². The Labute approximate surface area is 174 Å². The van der Waals surface area contributed by atoms with Gasteiger partial charge in [0.1, 0.15) is 12.1 Å². The quantitative estimate of drug-likeness (QED) is 0.553. The molecule has 1 heterocycles. The van der Waals surface area contributed by atoms with E-state index in [0.717, 1.165) is 5.56 Å². The van der Waals surface area contributed by atoms with Crippen LogP contribution in [0.5, 0.6) is 5.75 Å². The molecule has 0 aliphatic heterocycles. The van der Waals surface area contributed by atoms with Crippen molar-refractivity contribution in [3.05, 3.63) is 54.9 Å². The number of carbonyl (C=O) groups excluding carboxylic acids is 1. The number of methoxy groups -OCH3 is 1. The molecule has 1 unspecified atom stereocenters. The lowest BCUT2D eigenvalue weighted by Gasteiger charge is -2.13. The minimum Gasteiger partial charge on any atom is -0.496 e. The van der Waals surface area contributed by atoms with E-state index >= 15 is 0 Å². The summed E-state index contributed by atoms with van der Waals surface area (Å²) in [6.07, 6.45) is 0.586. The highest BCUT2D eigenvalue weighted by molar-refractivity contribution is 7.99. The second-order valence-corrected chi connectivity index (χ2v) is 8.01. The van der Waals surface area contributed by atoms with Crippen LogP contribution in [0.3, 0.4) is 0 Å². The molecule has 156 valence electrons. The lowest BCUT2D eigenvalue weighted by Crippen LogP contribution is -2.31. The molecule has 0 aliphatic carbocycles. The van der Waals surface area contributed by atoms with E-state index in [2.05, 4.69) is 30.9 Å². The Morgan fingerprint density at radius 2 is 1.97 bits per heavy atom. The van der Waals surface area contributed by atoms with Gasteiger partial charge in [-0.3, -0.25) is 0 Å². The van der Waals surface area contributed by atoms with Crippen LogP contribution in [-0.4, -0.2) is 44.8 Å². The third-order valence-electron chi connectivity index (χ3n) is 3.91. The lowest BCUT2D eigenvalue weighted by atomic mass is 10.2. The van der Waals surface area contributed by atoms with Crippen LogP contribution in [0.25, 0.3) is 11.4 Å². The molecule has 3 aromatic rings. The Hall–Kier alpha value is -3.66. The summed E-state index contributed by atoms with van der Waals surface area (Å²) in [6.45, 7) is 1.82. The van der Waals surface area contributed by atoms with Gasteiger partial charge in [0.25, 0.3) is 0 Å². The Morgan fingerprint density at radius 1 is 1.17 bits per heavy atom. The number of benzene rings is 2. The average Bonchev–Trinajstić information content (AvgIpc) is 2.74. The maximum absolute atomic E-state index is 12.8. The highest BCUT2D eigenvalue weighted by Crippen LogP contribution is 2.27. The highest BCUT2D eigenvalue weighted by atomic mass is 32.2. The van der Waals surface area contributed by atoms with Crippen LogP contribution in [0, 0.1) is 0 Å². The number of para-hydroxylation sites is 1. The van der Waals surface area contributed by atoms with Gasteiger partial charge in [0.15, 0.2) is 5.82 Å². The van der Waals surface area contributed by atoms with Crippen LogP contribution in [0.2, 0.25) is 0 Å². The number of carbonyl (C=O) groups is 1. The molecule has 1 amide bonds. The summed E-state index contributed by atoms with van der Waals surface area (Å²) in [7, 11) is -1.52. The van der Waals surface area contributed by atoms with Crippen molar-refractivity contribution in [2.45, 2.75) is 11.8 Å². The third kappa shape index (κ3) is 5.03. The molecule has 3 rings (SSSR count). The summed E-state index contributed by atoms with van der Waals surface area (Å²) in [5.41, 5.74) is 1.28. The molecule has 30 heavy (non-hydrogen) atoms. The van der Waals surface area contributed by atoms with Gasteiger partial charge in [0.2, 0.25) is 5.95 Å². The number of ether oxygens (including phenoxy) is 2. The third-order valence-corrected chi connectivity index (χ3v) is 5.43. The number of hydrogen-bond donors (Lipinski definition) is 2. The first-order chi connectivity index (χ1) is 14.4. The number of hydrogen-bond acceptors (Lipinski definition) is 8. The molecule has 1 atom stereocenters. The molecule has 0 saturated carbocycles. The van der Waals surface area contributed by atoms with Crippen molar-refractivity contribution in [3.63, 3.8) is 0 Å². The predicted octanol–water partition coefficient (Wildman–Crippen LogP) is 3.03. The van der Waals surface area contributed by atoms with Crippen LogP contribution < -0.4 is 14.8 Å². The summed E-state index contributed by atoms with van der Waals surface area (Å²) >= 11 is 0. The normalized spacial score (nSPS) is 12.5. The van der Waals surface area contributed by atoms with Crippen molar-refractivity contribution in [1.29, 1.82) is 0 Å². The summed E-state index contributed by atoms with van der Waals surface area (Å²) in [4.78, 5) is 24.7. The molecule has 0 spiro atoms. The molecular formula is C20H21N5O4S. The molecule has 10 heteroatoms. The molecule has 1 aromatic heterocycles. The lowest BCUT2D eigenvalue weighted by molar-refractivity contribution is 0.159. The van der Waals surface area contributed by atoms with Gasteiger partial charge in [-0.05, 0) is 43.1 Å². The van der Waals surface area contributed by atoms with Crippen LogP contribution in [0.4, 0.5) is 16.4 Å². The van der Waals surface area contributed by atoms with Gasteiger partial charge < -0.3 is 14.8 Å². The molecule has 0 aliphatic rings. The zero-order chi connectivity index (χ0) is 21.6. The minimum atomic E-state index is -3.09. The van der Waals surface area contributed by atoms with Gasteiger partial charge in [0, 0.05) is 5.69 Å². The van der Waals surface area contributed by atoms with Crippen molar-refractivity contribution >= 4 is 33.3 Å². The number of amides is 1. The van der Waals surface area contributed by atoms with Crippen molar-refractivity contribution in [2.24, 2.45) is 0 Å². The van der Waals surface area contributed by atoms with Gasteiger partial charge in [-0.1, -0.05) is 18.2 Å². The minimum absolute atomic E-state index is 0.164. The average molecular weight is 427 g/mol. The fraction of sp³-hybridized carbons (Fsp3) is 0.150. The zero-order valence-electron chi connectivity index (χ0n) is 16.5. The molecule has 0 saturated heterocycles. The number of nitrogens with zero attached hydrogens (tertiary/aromatic N) is 3. The summed E-state index contributed by atoms with van der Waals surface area (Å²) in [5.74, 6) is 4.98. The SMILES string of the molecule is C=S(=O)(NC(=O)OCC)c1cccc(Nc2ncnc(-c3ccccc3OC)n2)c1. The monoisotopic (exact) mass is 427 g/mol. The molecule has 0 bridgehead atoms. The number of anilines is 2. The van der Waals surface area contributed by atoms with E-state index in [1.165, 1.54) is 6.33 Å². The summed E-state index contributed by atoms with van der Waals surface area (Å²) < 4.78 is 25.2. The van der Waals surface area contributed by atoms with Crippen molar-refractivity contribution < 1.29 is 18.5 Å². The Kier molecular flexibility index (Phi) is 6.48. The second-order valence-electron chi connectivity index (χ2n) is 5.98. The first-order valence-electron chi connectivity index (χ1n) is 8.94. The first kappa shape index (κ1) is 21.1. The zero-order valence-corrected chi connectivity index (χ0v) is 17.3. The molecule has 9 nitrogen and oxygen atoms in total. The summed E-state index contributed by atoms with van der Waals surface area (Å²) in [6, 6.07) is 14.0. The fourth-order valence-electron chi connectivity index (χ4n) is 2.58. The van der Waals surface area contributed by atoms with Gasteiger partial charge in [-0.25, -0.2) is 23.7 Å². The Morgan fingerprint density at radius 3 is 2.73 bits per heavy atom. The Balaban J connectivity index is 1.84. The standard InChI is InChI=1S/C20H21N5O4S/c1-4-29-20(26)25-30(3,27)15-9-7-8-14(12-15)23-19-22-13-21-18(24-19)16-10-5-6-11-17(16)28-2/h5-13H,3-4H2,1-2H3,(H,25,26,27)(H,21,22,23,24). The predicted molar refractivity (Wildman–Crippen MR) is 115 cm³/mol. The van der Waals surface area contributed by atoms with Crippen LogP contribution in [0.15, 0.2) is 59.8 Å². The fourth-order valence-corrected chi connectivity index (χ4v) is 3.64. The van der Waals surface area contributed by atoms with Crippen molar-refractivity contribution in [2.75, 3.05) is 19.0 Å².